The zero-order valence-corrected chi connectivity index (χ0v) is 14.3. The van der Waals surface area contributed by atoms with E-state index in [4.69, 9.17) is 9.47 Å². The predicted molar refractivity (Wildman–Crippen MR) is 86.4 cm³/mol. The van der Waals surface area contributed by atoms with Gasteiger partial charge in [-0.25, -0.2) is 0 Å². The molecule has 4 heteroatoms. The third kappa shape index (κ3) is 7.28. The van der Waals surface area contributed by atoms with Crippen LogP contribution in [0.5, 0.6) is 0 Å². The van der Waals surface area contributed by atoms with Gasteiger partial charge in [0.2, 0.25) is 0 Å². The van der Waals surface area contributed by atoms with Crippen LogP contribution in [0.25, 0.3) is 0 Å². The molecular formula is C18H32O4. The molecule has 0 aromatic rings. The summed E-state index contributed by atoms with van der Waals surface area (Å²) in [7, 11) is 0. The largest absolute Gasteiger partial charge is 0.465 e. The van der Waals surface area contributed by atoms with E-state index < -0.39 is 0 Å². The first-order chi connectivity index (χ1) is 10.7. The molecule has 0 atom stereocenters. The van der Waals surface area contributed by atoms with Gasteiger partial charge in [0.05, 0.1) is 25.0 Å². The van der Waals surface area contributed by atoms with Crippen LogP contribution >= 0.6 is 0 Å². The lowest BCUT2D eigenvalue weighted by Gasteiger charge is -2.26. The van der Waals surface area contributed by atoms with E-state index in [2.05, 4.69) is 13.8 Å². The second-order valence-electron chi connectivity index (χ2n) is 6.30. The highest BCUT2D eigenvalue weighted by molar-refractivity contribution is 5.75. The van der Waals surface area contributed by atoms with Crippen molar-refractivity contribution in [3.63, 3.8) is 0 Å². The van der Waals surface area contributed by atoms with Crippen molar-refractivity contribution in [3.05, 3.63) is 0 Å². The number of rotatable bonds is 10. The lowest BCUT2D eigenvalue weighted by atomic mass is 9.82. The summed E-state index contributed by atoms with van der Waals surface area (Å²) in [5.41, 5.74) is 0. The number of hydrogen-bond acceptors (Lipinski definition) is 4. The molecule has 0 bridgehead atoms. The fraction of sp³-hybridized carbons (Fsp3) is 0.889. The number of carbonyl (C=O) groups excluding carboxylic acids is 2. The van der Waals surface area contributed by atoms with Gasteiger partial charge < -0.3 is 9.47 Å². The second kappa shape index (κ2) is 11.5. The Morgan fingerprint density at radius 2 is 1.18 bits per heavy atom. The van der Waals surface area contributed by atoms with E-state index in [1.807, 2.05) is 0 Å². The molecule has 0 radical (unpaired) electrons. The monoisotopic (exact) mass is 312 g/mol. The highest BCUT2D eigenvalue weighted by Gasteiger charge is 2.31. The Kier molecular flexibility index (Phi) is 9.93. The van der Waals surface area contributed by atoms with Crippen molar-refractivity contribution >= 4 is 11.9 Å². The normalized spacial score (nSPS) is 21.4. The highest BCUT2D eigenvalue weighted by Crippen LogP contribution is 2.30. The first kappa shape index (κ1) is 19.0. The van der Waals surface area contributed by atoms with Gasteiger partial charge in [-0.1, -0.05) is 39.5 Å². The van der Waals surface area contributed by atoms with Gasteiger partial charge in [-0.3, -0.25) is 9.59 Å². The van der Waals surface area contributed by atoms with Gasteiger partial charge in [-0.15, -0.1) is 0 Å². The SMILES string of the molecule is CCCCCCOC(=O)C1CCC(C(=O)OCCCC)CC1. The maximum Gasteiger partial charge on any atom is 0.308 e. The molecule has 1 saturated carbocycles. The molecule has 0 aromatic carbocycles. The molecule has 0 heterocycles. The third-order valence-corrected chi connectivity index (χ3v) is 4.38. The average Bonchev–Trinajstić information content (AvgIpc) is 2.54. The first-order valence-corrected chi connectivity index (χ1v) is 9.02. The van der Waals surface area contributed by atoms with Gasteiger partial charge in [0.25, 0.3) is 0 Å². The summed E-state index contributed by atoms with van der Waals surface area (Å²) in [4.78, 5) is 23.9. The average molecular weight is 312 g/mol. The van der Waals surface area contributed by atoms with Crippen molar-refractivity contribution in [2.45, 2.75) is 78.1 Å². The number of ether oxygens (including phenoxy) is 2. The van der Waals surface area contributed by atoms with Crippen molar-refractivity contribution in [2.75, 3.05) is 13.2 Å². The molecule has 0 aliphatic heterocycles. The Balaban J connectivity index is 2.15. The Bertz CT molecular complexity index is 319. The van der Waals surface area contributed by atoms with Gasteiger partial charge in [-0.2, -0.15) is 0 Å². The molecule has 1 aliphatic carbocycles. The predicted octanol–water partition coefficient (Wildman–Crippen LogP) is 4.26. The van der Waals surface area contributed by atoms with Crippen LogP contribution in [0, 0.1) is 11.8 Å². The number of unbranched alkanes of at least 4 members (excludes halogenated alkanes) is 4. The fourth-order valence-electron chi connectivity index (χ4n) is 2.82. The second-order valence-corrected chi connectivity index (χ2v) is 6.30. The molecular weight excluding hydrogens is 280 g/mol. The van der Waals surface area contributed by atoms with Crippen LogP contribution < -0.4 is 0 Å². The lowest BCUT2D eigenvalue weighted by Crippen LogP contribution is -2.28. The number of hydrogen-bond donors (Lipinski definition) is 0. The molecule has 1 rings (SSSR count). The minimum absolute atomic E-state index is 0.0223. The van der Waals surface area contributed by atoms with Gasteiger partial charge in [-0.05, 0) is 38.5 Å². The van der Waals surface area contributed by atoms with Crippen LogP contribution in [0.3, 0.4) is 0 Å². The minimum atomic E-state index is -0.0835. The highest BCUT2D eigenvalue weighted by atomic mass is 16.5. The first-order valence-electron chi connectivity index (χ1n) is 9.02. The van der Waals surface area contributed by atoms with Gasteiger partial charge in [0, 0.05) is 0 Å². The molecule has 0 spiro atoms. The molecule has 1 fully saturated rings. The molecule has 128 valence electrons. The molecule has 0 unspecified atom stereocenters. The number of esters is 2. The van der Waals surface area contributed by atoms with Crippen LogP contribution in [0.2, 0.25) is 0 Å². The van der Waals surface area contributed by atoms with E-state index in [0.29, 0.717) is 13.2 Å². The molecule has 0 aromatic heterocycles. The minimum Gasteiger partial charge on any atom is -0.465 e. The summed E-state index contributed by atoms with van der Waals surface area (Å²) in [5, 5.41) is 0. The zero-order chi connectivity index (χ0) is 16.2. The Hall–Kier alpha value is -1.06. The standard InChI is InChI=1S/C18H32O4/c1-3-5-7-8-14-22-18(20)16-11-9-15(10-12-16)17(19)21-13-6-4-2/h15-16H,3-14H2,1-2H3. The molecule has 1 aliphatic rings. The van der Waals surface area contributed by atoms with Crippen LogP contribution in [0.15, 0.2) is 0 Å². The van der Waals surface area contributed by atoms with Crippen molar-refractivity contribution in [1.82, 2.24) is 0 Å². The maximum atomic E-state index is 12.0. The summed E-state index contributed by atoms with van der Waals surface area (Å²) in [5.74, 6) is -0.203. The number of carbonyl (C=O) groups is 2. The van der Waals surface area contributed by atoms with E-state index in [-0.39, 0.29) is 23.8 Å². The molecule has 22 heavy (non-hydrogen) atoms. The topological polar surface area (TPSA) is 52.6 Å². The van der Waals surface area contributed by atoms with Crippen LogP contribution in [0.1, 0.15) is 78.1 Å². The third-order valence-electron chi connectivity index (χ3n) is 4.38. The molecule has 4 nitrogen and oxygen atoms in total. The van der Waals surface area contributed by atoms with Gasteiger partial charge in [0.1, 0.15) is 0 Å². The van der Waals surface area contributed by atoms with E-state index >= 15 is 0 Å². The Morgan fingerprint density at radius 3 is 1.64 bits per heavy atom. The Morgan fingerprint density at radius 1 is 0.727 bits per heavy atom. The maximum absolute atomic E-state index is 12.0. The van der Waals surface area contributed by atoms with Crippen LogP contribution in [-0.4, -0.2) is 25.2 Å². The lowest BCUT2D eigenvalue weighted by molar-refractivity contribution is -0.155. The van der Waals surface area contributed by atoms with Gasteiger partial charge in [0.15, 0.2) is 0 Å². The van der Waals surface area contributed by atoms with Crippen LogP contribution in [-0.2, 0) is 19.1 Å². The van der Waals surface area contributed by atoms with E-state index in [9.17, 15) is 9.59 Å². The van der Waals surface area contributed by atoms with Crippen molar-refractivity contribution in [1.29, 1.82) is 0 Å². The van der Waals surface area contributed by atoms with Gasteiger partial charge >= 0.3 is 11.9 Å². The molecule has 0 saturated heterocycles. The summed E-state index contributed by atoms with van der Waals surface area (Å²) < 4.78 is 10.6. The quantitative estimate of drug-likeness (QED) is 0.447. The molecule has 0 N–H and O–H groups in total. The summed E-state index contributed by atoms with van der Waals surface area (Å²) in [6.07, 6.45) is 9.42. The molecule has 0 amide bonds. The summed E-state index contributed by atoms with van der Waals surface area (Å²) in [6, 6.07) is 0. The van der Waals surface area contributed by atoms with E-state index in [1.54, 1.807) is 0 Å². The van der Waals surface area contributed by atoms with Crippen molar-refractivity contribution in [2.24, 2.45) is 11.8 Å². The smallest absolute Gasteiger partial charge is 0.308 e. The Labute approximate surface area is 134 Å². The van der Waals surface area contributed by atoms with Crippen molar-refractivity contribution in [3.8, 4) is 0 Å². The summed E-state index contributed by atoms with van der Waals surface area (Å²) in [6.45, 7) is 5.30. The zero-order valence-electron chi connectivity index (χ0n) is 14.3. The van der Waals surface area contributed by atoms with Crippen LogP contribution in [0.4, 0.5) is 0 Å². The fourth-order valence-corrected chi connectivity index (χ4v) is 2.82. The van der Waals surface area contributed by atoms with E-state index in [1.165, 1.54) is 12.8 Å². The van der Waals surface area contributed by atoms with E-state index in [0.717, 1.165) is 51.4 Å². The van der Waals surface area contributed by atoms with Crippen molar-refractivity contribution < 1.29 is 19.1 Å². The summed E-state index contributed by atoms with van der Waals surface area (Å²) >= 11 is 0.